The summed E-state index contributed by atoms with van der Waals surface area (Å²) >= 11 is 1.59. The van der Waals surface area contributed by atoms with E-state index in [9.17, 15) is 4.79 Å². The van der Waals surface area contributed by atoms with Crippen molar-refractivity contribution in [3.05, 3.63) is 65.6 Å². The van der Waals surface area contributed by atoms with E-state index in [0.717, 1.165) is 40.1 Å². The van der Waals surface area contributed by atoms with E-state index in [4.69, 9.17) is 14.5 Å². The quantitative estimate of drug-likeness (QED) is 0.601. The summed E-state index contributed by atoms with van der Waals surface area (Å²) in [7, 11) is 1.61. The largest absolute Gasteiger partial charge is 0.497 e. The summed E-state index contributed by atoms with van der Waals surface area (Å²) < 4.78 is 10.6. The number of morpholine rings is 1. The molecule has 0 aliphatic carbocycles. The standard InChI is InChI=1S/C23H23N3O3S/c1-28-19-9-7-18(8-10-19)24-21(27)12-11-20-22(17-5-3-2-4-6-17)25-23(30-20)26-13-15-29-16-14-26/h2-12H,13-16H2,1H3,(H,24,27)/b12-11+. The minimum atomic E-state index is -0.194. The molecule has 0 spiro atoms. The van der Waals surface area contributed by atoms with Crippen LogP contribution in [0.15, 0.2) is 60.7 Å². The first-order valence-electron chi connectivity index (χ1n) is 9.75. The molecule has 0 radical (unpaired) electrons. The number of ether oxygens (including phenoxy) is 2. The van der Waals surface area contributed by atoms with Gasteiger partial charge in [0, 0.05) is 30.4 Å². The molecular weight excluding hydrogens is 398 g/mol. The maximum absolute atomic E-state index is 12.4. The van der Waals surface area contributed by atoms with Gasteiger partial charge in [-0.1, -0.05) is 41.7 Å². The summed E-state index contributed by atoms with van der Waals surface area (Å²) in [4.78, 5) is 20.5. The van der Waals surface area contributed by atoms with Crippen LogP contribution >= 0.6 is 11.3 Å². The lowest BCUT2D eigenvalue weighted by Gasteiger charge is -2.26. The van der Waals surface area contributed by atoms with Crippen molar-refractivity contribution < 1.29 is 14.3 Å². The zero-order chi connectivity index (χ0) is 20.8. The molecule has 4 rings (SSSR count). The molecular formula is C23H23N3O3S. The van der Waals surface area contributed by atoms with E-state index in [1.165, 1.54) is 0 Å². The van der Waals surface area contributed by atoms with Crippen LogP contribution in [0.2, 0.25) is 0 Å². The number of aromatic nitrogens is 1. The highest BCUT2D eigenvalue weighted by Crippen LogP contribution is 2.34. The molecule has 7 heteroatoms. The van der Waals surface area contributed by atoms with Crippen LogP contribution in [-0.2, 0) is 9.53 Å². The SMILES string of the molecule is COc1ccc(NC(=O)/C=C/c2sc(N3CCOCC3)nc2-c2ccccc2)cc1. The first-order valence-corrected chi connectivity index (χ1v) is 10.6. The molecule has 1 fully saturated rings. The van der Waals surface area contributed by atoms with Crippen molar-refractivity contribution in [2.45, 2.75) is 0 Å². The third kappa shape index (κ3) is 4.87. The van der Waals surface area contributed by atoms with Gasteiger partial charge < -0.3 is 19.7 Å². The molecule has 0 atom stereocenters. The Morgan fingerprint density at radius 3 is 2.57 bits per heavy atom. The van der Waals surface area contributed by atoms with Crippen molar-refractivity contribution in [3.63, 3.8) is 0 Å². The van der Waals surface area contributed by atoms with Gasteiger partial charge in [-0.3, -0.25) is 4.79 Å². The molecule has 1 aliphatic heterocycles. The van der Waals surface area contributed by atoms with Gasteiger partial charge in [0.15, 0.2) is 5.13 Å². The van der Waals surface area contributed by atoms with Crippen molar-refractivity contribution >= 4 is 34.1 Å². The van der Waals surface area contributed by atoms with Gasteiger partial charge in [-0.15, -0.1) is 0 Å². The monoisotopic (exact) mass is 421 g/mol. The molecule has 2 heterocycles. The molecule has 154 valence electrons. The summed E-state index contributed by atoms with van der Waals surface area (Å²) in [6.45, 7) is 3.05. The fourth-order valence-corrected chi connectivity index (χ4v) is 4.18. The van der Waals surface area contributed by atoms with Crippen molar-refractivity contribution in [3.8, 4) is 17.0 Å². The maximum Gasteiger partial charge on any atom is 0.248 e. The average molecular weight is 422 g/mol. The molecule has 1 aromatic heterocycles. The highest BCUT2D eigenvalue weighted by Gasteiger charge is 2.18. The van der Waals surface area contributed by atoms with Gasteiger partial charge in [0.1, 0.15) is 5.75 Å². The van der Waals surface area contributed by atoms with Crippen LogP contribution in [0.4, 0.5) is 10.8 Å². The van der Waals surface area contributed by atoms with Gasteiger partial charge >= 0.3 is 0 Å². The summed E-state index contributed by atoms with van der Waals surface area (Å²) in [6.07, 6.45) is 3.39. The van der Waals surface area contributed by atoms with E-state index in [1.54, 1.807) is 24.5 Å². The lowest BCUT2D eigenvalue weighted by Crippen LogP contribution is -2.36. The number of carbonyl (C=O) groups is 1. The number of methoxy groups -OCH3 is 1. The molecule has 1 saturated heterocycles. The van der Waals surface area contributed by atoms with Crippen LogP contribution in [-0.4, -0.2) is 44.3 Å². The smallest absolute Gasteiger partial charge is 0.248 e. The summed E-state index contributed by atoms with van der Waals surface area (Å²) in [5, 5.41) is 3.82. The van der Waals surface area contributed by atoms with E-state index in [2.05, 4.69) is 10.2 Å². The number of nitrogens with zero attached hydrogens (tertiary/aromatic N) is 2. The van der Waals surface area contributed by atoms with Crippen molar-refractivity contribution in [1.29, 1.82) is 0 Å². The first kappa shape index (κ1) is 20.1. The molecule has 1 N–H and O–H groups in total. The van der Waals surface area contributed by atoms with Crippen LogP contribution < -0.4 is 15.0 Å². The second-order valence-corrected chi connectivity index (χ2v) is 7.73. The highest BCUT2D eigenvalue weighted by atomic mass is 32.1. The average Bonchev–Trinajstić information content (AvgIpc) is 3.24. The topological polar surface area (TPSA) is 63.7 Å². The van der Waals surface area contributed by atoms with Crippen molar-refractivity contribution in [2.24, 2.45) is 0 Å². The summed E-state index contributed by atoms with van der Waals surface area (Å²) in [5.41, 5.74) is 2.63. The molecule has 1 aliphatic rings. The predicted octanol–water partition coefficient (Wildman–Crippen LogP) is 4.31. The number of carbonyl (C=O) groups excluding carboxylic acids is 1. The fourth-order valence-electron chi connectivity index (χ4n) is 3.14. The maximum atomic E-state index is 12.4. The van der Waals surface area contributed by atoms with Gasteiger partial charge in [0.05, 0.1) is 30.9 Å². The van der Waals surface area contributed by atoms with E-state index in [-0.39, 0.29) is 5.91 Å². The van der Waals surface area contributed by atoms with Gasteiger partial charge in [-0.25, -0.2) is 4.98 Å². The van der Waals surface area contributed by atoms with Crippen molar-refractivity contribution in [1.82, 2.24) is 4.98 Å². The number of amides is 1. The Morgan fingerprint density at radius 1 is 1.13 bits per heavy atom. The molecule has 1 amide bonds. The second-order valence-electron chi connectivity index (χ2n) is 6.73. The van der Waals surface area contributed by atoms with Gasteiger partial charge in [0.25, 0.3) is 0 Å². The second kappa shape index (κ2) is 9.56. The Kier molecular flexibility index (Phi) is 6.41. The van der Waals surface area contributed by atoms with Crippen LogP contribution in [0.3, 0.4) is 0 Å². The Bertz CT molecular complexity index is 1010. The Balaban J connectivity index is 1.55. The Hall–Kier alpha value is -3.16. The van der Waals surface area contributed by atoms with Gasteiger partial charge in [-0.2, -0.15) is 0 Å². The molecule has 0 unspecified atom stereocenters. The van der Waals surface area contributed by atoms with E-state index in [0.29, 0.717) is 18.9 Å². The molecule has 30 heavy (non-hydrogen) atoms. The zero-order valence-corrected chi connectivity index (χ0v) is 17.5. The molecule has 3 aromatic rings. The number of nitrogens with one attached hydrogen (secondary N) is 1. The molecule has 2 aromatic carbocycles. The molecule has 0 saturated carbocycles. The van der Waals surface area contributed by atoms with E-state index in [1.807, 2.05) is 60.7 Å². The fraction of sp³-hybridized carbons (Fsp3) is 0.217. The first-order chi connectivity index (χ1) is 14.7. The van der Waals surface area contributed by atoms with E-state index >= 15 is 0 Å². The minimum Gasteiger partial charge on any atom is -0.497 e. The molecule has 6 nitrogen and oxygen atoms in total. The minimum absolute atomic E-state index is 0.194. The molecule has 0 bridgehead atoms. The highest BCUT2D eigenvalue weighted by molar-refractivity contribution is 7.17. The van der Waals surface area contributed by atoms with Gasteiger partial charge in [0.2, 0.25) is 5.91 Å². The van der Waals surface area contributed by atoms with Crippen LogP contribution in [0.25, 0.3) is 17.3 Å². The predicted molar refractivity (Wildman–Crippen MR) is 121 cm³/mol. The lowest BCUT2D eigenvalue weighted by atomic mass is 10.1. The van der Waals surface area contributed by atoms with Crippen molar-refractivity contribution in [2.75, 3.05) is 43.6 Å². The van der Waals surface area contributed by atoms with Crippen LogP contribution in [0, 0.1) is 0 Å². The van der Waals surface area contributed by atoms with Gasteiger partial charge in [-0.05, 0) is 30.3 Å². The Morgan fingerprint density at radius 2 is 1.87 bits per heavy atom. The van der Waals surface area contributed by atoms with Crippen LogP contribution in [0.1, 0.15) is 4.88 Å². The Labute approximate surface area is 179 Å². The number of anilines is 2. The number of hydrogen-bond donors (Lipinski definition) is 1. The number of benzene rings is 2. The zero-order valence-electron chi connectivity index (χ0n) is 16.7. The number of rotatable bonds is 6. The van der Waals surface area contributed by atoms with E-state index < -0.39 is 0 Å². The lowest BCUT2D eigenvalue weighted by molar-refractivity contribution is -0.111. The number of thiazole rings is 1. The number of hydrogen-bond acceptors (Lipinski definition) is 6. The normalized spacial score (nSPS) is 14.1. The summed E-state index contributed by atoms with van der Waals surface area (Å²) in [5.74, 6) is 0.553. The third-order valence-electron chi connectivity index (χ3n) is 4.71. The third-order valence-corrected chi connectivity index (χ3v) is 5.80. The van der Waals surface area contributed by atoms with Crippen LogP contribution in [0.5, 0.6) is 5.75 Å². The summed E-state index contributed by atoms with van der Waals surface area (Å²) in [6, 6.07) is 17.3.